The number of rotatable bonds is 6. The molecule has 26 heavy (non-hydrogen) atoms. The fraction of sp³-hybridized carbons (Fsp3) is 0.562. The van der Waals surface area contributed by atoms with Gasteiger partial charge in [-0.2, -0.15) is 0 Å². The van der Waals surface area contributed by atoms with Crippen molar-refractivity contribution in [1.82, 2.24) is 19.7 Å². The van der Waals surface area contributed by atoms with Gasteiger partial charge in [-0.05, 0) is 31.7 Å². The Morgan fingerprint density at radius 3 is 2.85 bits per heavy atom. The summed E-state index contributed by atoms with van der Waals surface area (Å²) in [7, 11) is -1.33. The van der Waals surface area contributed by atoms with Crippen molar-refractivity contribution < 1.29 is 13.2 Å². The lowest BCUT2D eigenvalue weighted by Gasteiger charge is -2.26. The van der Waals surface area contributed by atoms with Crippen LogP contribution in [-0.2, 0) is 21.2 Å². The molecule has 0 radical (unpaired) electrons. The second kappa shape index (κ2) is 7.69. The molecule has 10 heteroatoms. The molecule has 1 saturated heterocycles. The Hall–Kier alpha value is -1.39. The van der Waals surface area contributed by atoms with E-state index in [1.54, 1.807) is 23.3 Å². The molecule has 2 unspecified atom stereocenters. The number of carbonyl (C=O) groups is 1. The van der Waals surface area contributed by atoms with Gasteiger partial charge in [-0.3, -0.25) is 4.79 Å². The predicted octanol–water partition coefficient (Wildman–Crippen LogP) is 2.15. The van der Waals surface area contributed by atoms with Gasteiger partial charge in [0.05, 0.1) is 21.6 Å². The second-order valence-corrected chi connectivity index (χ2v) is 10.8. The maximum absolute atomic E-state index is 12.7. The van der Waals surface area contributed by atoms with E-state index in [-0.39, 0.29) is 28.7 Å². The first kappa shape index (κ1) is 19.4. The van der Waals surface area contributed by atoms with Gasteiger partial charge in [0.15, 0.2) is 20.8 Å². The van der Waals surface area contributed by atoms with Crippen LogP contribution in [-0.4, -0.2) is 63.8 Å². The number of carbonyl (C=O) groups excluding carboxylic acids is 1. The molecular formula is C16H22N4O3S3. The second-order valence-electron chi connectivity index (χ2n) is 6.29. The zero-order valence-corrected chi connectivity index (χ0v) is 17.4. The third kappa shape index (κ3) is 3.96. The average Bonchev–Trinajstić information content (AvgIpc) is 3.32. The van der Waals surface area contributed by atoms with Crippen molar-refractivity contribution >= 4 is 38.8 Å². The van der Waals surface area contributed by atoms with Gasteiger partial charge >= 0.3 is 0 Å². The molecule has 3 heterocycles. The zero-order chi connectivity index (χ0) is 18.9. The van der Waals surface area contributed by atoms with Gasteiger partial charge < -0.3 is 9.47 Å². The molecule has 3 rings (SSSR count). The highest BCUT2D eigenvalue weighted by molar-refractivity contribution is 8.00. The largest absolute Gasteiger partial charge is 0.341 e. The normalized spacial score (nSPS) is 20.2. The Balaban J connectivity index is 1.71. The number of hydrogen-bond donors (Lipinski definition) is 0. The molecule has 2 atom stereocenters. The number of nitrogens with zero attached hydrogens (tertiary/aromatic N) is 4. The van der Waals surface area contributed by atoms with E-state index in [9.17, 15) is 13.2 Å². The molecular weight excluding hydrogens is 392 g/mol. The molecule has 2 aromatic heterocycles. The lowest BCUT2D eigenvalue weighted by molar-refractivity contribution is -0.130. The highest BCUT2D eigenvalue weighted by Gasteiger charge is 2.34. The van der Waals surface area contributed by atoms with Crippen LogP contribution in [0.15, 0.2) is 22.7 Å². The van der Waals surface area contributed by atoms with Gasteiger partial charge in [0, 0.05) is 19.6 Å². The van der Waals surface area contributed by atoms with Crippen LogP contribution in [0.1, 0.15) is 20.3 Å². The van der Waals surface area contributed by atoms with E-state index < -0.39 is 9.84 Å². The molecule has 0 bridgehead atoms. The summed E-state index contributed by atoms with van der Waals surface area (Å²) in [4.78, 5) is 15.4. The first-order valence-electron chi connectivity index (χ1n) is 8.43. The van der Waals surface area contributed by atoms with Crippen LogP contribution in [0, 0.1) is 0 Å². The van der Waals surface area contributed by atoms with Crippen LogP contribution in [0.25, 0.3) is 10.7 Å². The van der Waals surface area contributed by atoms with Crippen molar-refractivity contribution in [2.75, 3.05) is 18.6 Å². The fourth-order valence-corrected chi connectivity index (χ4v) is 6.51. The first-order valence-corrected chi connectivity index (χ1v) is 12.0. The molecule has 142 valence electrons. The topological polar surface area (TPSA) is 85.2 Å². The van der Waals surface area contributed by atoms with Crippen LogP contribution in [0.5, 0.6) is 0 Å². The van der Waals surface area contributed by atoms with E-state index in [0.717, 1.165) is 10.7 Å². The molecule has 0 N–H and O–H groups in total. The zero-order valence-electron chi connectivity index (χ0n) is 15.0. The third-order valence-electron chi connectivity index (χ3n) is 4.51. The minimum absolute atomic E-state index is 0.0558. The Kier molecular flexibility index (Phi) is 5.73. The molecule has 2 aromatic rings. The van der Waals surface area contributed by atoms with Gasteiger partial charge in [0.1, 0.15) is 0 Å². The van der Waals surface area contributed by atoms with Gasteiger partial charge in [0.2, 0.25) is 5.91 Å². The van der Waals surface area contributed by atoms with E-state index in [0.29, 0.717) is 18.1 Å². The molecule has 0 aromatic carbocycles. The van der Waals surface area contributed by atoms with Crippen molar-refractivity contribution in [2.45, 2.75) is 43.3 Å². The quantitative estimate of drug-likeness (QED) is 0.674. The van der Waals surface area contributed by atoms with E-state index in [4.69, 9.17) is 0 Å². The number of thioether (sulfide) groups is 1. The number of sulfone groups is 1. The van der Waals surface area contributed by atoms with Crippen LogP contribution in [0.4, 0.5) is 0 Å². The minimum Gasteiger partial charge on any atom is -0.341 e. The Bertz CT molecular complexity index is 877. The summed E-state index contributed by atoms with van der Waals surface area (Å²) in [6, 6.07) is 3.73. The predicted molar refractivity (Wildman–Crippen MR) is 104 cm³/mol. The number of hydrogen-bond acceptors (Lipinski definition) is 7. The van der Waals surface area contributed by atoms with Crippen molar-refractivity contribution in [1.29, 1.82) is 0 Å². The van der Waals surface area contributed by atoms with E-state index in [2.05, 4.69) is 10.2 Å². The average molecular weight is 415 g/mol. The van der Waals surface area contributed by atoms with Crippen molar-refractivity contribution in [3.63, 3.8) is 0 Å². The summed E-state index contributed by atoms with van der Waals surface area (Å²) in [5.41, 5.74) is 0. The van der Waals surface area contributed by atoms with Gasteiger partial charge in [-0.1, -0.05) is 17.8 Å². The SMILES string of the molecule is CCn1c(SC(C)C(=O)N(C)C2CCS(=O)(=O)C2)nnc1-c1cccs1. The fourth-order valence-electron chi connectivity index (χ4n) is 3.01. The van der Waals surface area contributed by atoms with E-state index in [1.807, 2.05) is 35.9 Å². The monoisotopic (exact) mass is 414 g/mol. The van der Waals surface area contributed by atoms with Crippen LogP contribution in [0.3, 0.4) is 0 Å². The maximum Gasteiger partial charge on any atom is 0.235 e. The maximum atomic E-state index is 12.7. The third-order valence-corrected chi connectivity index (χ3v) is 8.19. The summed E-state index contributed by atoms with van der Waals surface area (Å²) in [5.74, 6) is 0.936. The molecule has 1 aliphatic heterocycles. The smallest absolute Gasteiger partial charge is 0.235 e. The standard InChI is InChI=1S/C16H22N4O3S3/c1-4-20-14(13-6-5-8-24-13)17-18-16(20)25-11(2)15(21)19(3)12-7-9-26(22,23)10-12/h5-6,8,11-12H,4,7,9-10H2,1-3H3. The van der Waals surface area contributed by atoms with Crippen molar-refractivity contribution in [2.24, 2.45) is 0 Å². The van der Waals surface area contributed by atoms with Gasteiger partial charge in [-0.15, -0.1) is 21.5 Å². The number of amides is 1. The summed E-state index contributed by atoms with van der Waals surface area (Å²) in [5, 5.41) is 10.9. The first-order chi connectivity index (χ1) is 12.3. The highest BCUT2D eigenvalue weighted by atomic mass is 32.2. The molecule has 0 saturated carbocycles. The van der Waals surface area contributed by atoms with Crippen LogP contribution >= 0.6 is 23.1 Å². The van der Waals surface area contributed by atoms with E-state index >= 15 is 0 Å². The Morgan fingerprint density at radius 1 is 1.50 bits per heavy atom. The lowest BCUT2D eigenvalue weighted by atomic mass is 10.2. The lowest BCUT2D eigenvalue weighted by Crippen LogP contribution is -2.41. The summed E-state index contributed by atoms with van der Waals surface area (Å²) >= 11 is 2.96. The number of aromatic nitrogens is 3. The molecule has 1 fully saturated rings. The van der Waals surface area contributed by atoms with Crippen LogP contribution < -0.4 is 0 Å². The van der Waals surface area contributed by atoms with Gasteiger partial charge in [0.25, 0.3) is 0 Å². The molecule has 1 amide bonds. The molecule has 0 aliphatic carbocycles. The summed E-state index contributed by atoms with van der Waals surface area (Å²) in [6.07, 6.45) is 0.510. The summed E-state index contributed by atoms with van der Waals surface area (Å²) in [6.45, 7) is 4.55. The minimum atomic E-state index is -3.02. The highest BCUT2D eigenvalue weighted by Crippen LogP contribution is 2.30. The van der Waals surface area contributed by atoms with Gasteiger partial charge in [-0.25, -0.2) is 8.42 Å². The van der Waals surface area contributed by atoms with Crippen LogP contribution in [0.2, 0.25) is 0 Å². The molecule has 7 nitrogen and oxygen atoms in total. The van der Waals surface area contributed by atoms with Crippen molar-refractivity contribution in [3.8, 4) is 10.7 Å². The Morgan fingerprint density at radius 2 is 2.27 bits per heavy atom. The molecule has 1 aliphatic rings. The molecule has 0 spiro atoms. The summed E-state index contributed by atoms with van der Waals surface area (Å²) < 4.78 is 25.3. The van der Waals surface area contributed by atoms with E-state index in [1.165, 1.54) is 11.8 Å². The number of thiophene rings is 1. The Labute approximate surface area is 161 Å². The van der Waals surface area contributed by atoms with Crippen molar-refractivity contribution in [3.05, 3.63) is 17.5 Å².